The van der Waals surface area contributed by atoms with Crippen LogP contribution in [0.5, 0.6) is 0 Å². The minimum Gasteiger partial charge on any atom is -0.457 e. The van der Waals surface area contributed by atoms with Crippen molar-refractivity contribution in [1.82, 2.24) is 3.11 Å². The molecule has 3 N–H and O–H groups in total. The molecule has 7 fully saturated rings. The van der Waals surface area contributed by atoms with Gasteiger partial charge in [0.2, 0.25) is 0 Å². The van der Waals surface area contributed by atoms with Gasteiger partial charge in [0.25, 0.3) is 0 Å². The molecule has 0 radical (unpaired) electrons. The van der Waals surface area contributed by atoms with Crippen molar-refractivity contribution in [3.63, 3.8) is 0 Å². The van der Waals surface area contributed by atoms with Gasteiger partial charge in [0.15, 0.2) is 18.2 Å². The summed E-state index contributed by atoms with van der Waals surface area (Å²) < 4.78 is 27.3. The fourth-order valence-corrected chi connectivity index (χ4v) is 13.3. The Balaban J connectivity index is 1.15. The summed E-state index contributed by atoms with van der Waals surface area (Å²) in [5.74, 6) is 0.384. The second-order valence-corrected chi connectivity index (χ2v) is 18.9. The third-order valence-electron chi connectivity index (χ3n) is 14.6. The van der Waals surface area contributed by atoms with Crippen LogP contribution in [0.2, 0.25) is 0 Å². The summed E-state index contributed by atoms with van der Waals surface area (Å²) in [6, 6.07) is 0. The fraction of sp³-hybridized carbons (Fsp3) is 0.943. The second-order valence-electron chi connectivity index (χ2n) is 17.5. The first kappa shape index (κ1) is 33.1. The van der Waals surface area contributed by atoms with Crippen molar-refractivity contribution in [2.45, 2.75) is 142 Å². The van der Waals surface area contributed by atoms with Crippen LogP contribution in [0.25, 0.3) is 0 Å². The van der Waals surface area contributed by atoms with Crippen LogP contribution in [0, 0.1) is 45.3 Å². The number of esters is 1. The van der Waals surface area contributed by atoms with E-state index in [9.17, 15) is 14.7 Å². The summed E-state index contributed by atoms with van der Waals surface area (Å²) in [6.45, 7) is 16.4. The first-order valence-electron chi connectivity index (χ1n) is 17.5. The Hall–Kier alpha value is -0.370. The van der Waals surface area contributed by atoms with Crippen LogP contribution in [-0.2, 0) is 28.5 Å². The molecule has 5 aliphatic carbocycles. The Morgan fingerprint density at radius 1 is 1.13 bits per heavy atom. The van der Waals surface area contributed by atoms with E-state index in [4.69, 9.17) is 24.7 Å². The number of hydrogen-bond donors (Lipinski definition) is 2. The van der Waals surface area contributed by atoms with Crippen LogP contribution in [0.3, 0.4) is 0 Å². The van der Waals surface area contributed by atoms with Crippen molar-refractivity contribution < 1.29 is 33.6 Å². The largest absolute Gasteiger partial charge is 0.457 e. The summed E-state index contributed by atoms with van der Waals surface area (Å²) in [4.78, 5) is 26.9. The molecule has 13 atom stereocenters. The lowest BCUT2D eigenvalue weighted by Crippen LogP contribution is -2.69. The Kier molecular flexibility index (Phi) is 7.78. The third-order valence-corrected chi connectivity index (χ3v) is 15.5. The molecule has 7 rings (SSSR count). The normalized spacial score (nSPS) is 51.2. The van der Waals surface area contributed by atoms with Gasteiger partial charge < -0.3 is 29.8 Å². The molecular formula is C35H55IN2O7. The highest BCUT2D eigenvalue weighted by Crippen LogP contribution is 2.87. The van der Waals surface area contributed by atoms with E-state index in [1.54, 1.807) is 13.8 Å². The summed E-state index contributed by atoms with van der Waals surface area (Å²) in [5.41, 5.74) is 5.33. The van der Waals surface area contributed by atoms with E-state index >= 15 is 0 Å². The predicted octanol–water partition coefficient (Wildman–Crippen LogP) is 4.80. The zero-order chi connectivity index (χ0) is 32.5. The fourth-order valence-electron chi connectivity index (χ4n) is 12.8. The topological polar surface area (TPSA) is 121 Å². The molecule has 2 saturated heterocycles. The molecule has 10 heteroatoms. The number of ether oxygens (including phenoxy) is 4. The standard InChI is InChI=1S/C35H55IN2O7/c1-19-16-21(29(31(5,6)41)43-20(2)39)44-27-26(19)32(7)12-13-34-18-33(34)11-10-24(45-25-17-38(36)14-15-42-25)30(3,4)22(33)8-9-23(34)35(32,37)28(27)40/h19,21-27,29,41H,8-18,37H2,1-7H3/t19-,21?,22+,23?,24?,25+,26+,27?,29?,32?,33?,34?,35+/m1/s1. The van der Waals surface area contributed by atoms with Crippen LogP contribution in [0.1, 0.15) is 99.8 Å². The van der Waals surface area contributed by atoms with Gasteiger partial charge in [0.05, 0.1) is 36.5 Å². The Morgan fingerprint density at radius 2 is 1.82 bits per heavy atom. The van der Waals surface area contributed by atoms with Crippen molar-refractivity contribution >= 4 is 34.6 Å². The lowest BCUT2D eigenvalue weighted by atomic mass is 9.43. The Bertz CT molecular complexity index is 1240. The number of Topliss-reactive ketones (excluding diaryl/α,β-unsaturated/α-hetero) is 1. The number of hydrogen-bond acceptors (Lipinski definition) is 9. The van der Waals surface area contributed by atoms with E-state index in [0.29, 0.717) is 18.9 Å². The number of morpholine rings is 1. The molecule has 0 aromatic carbocycles. The van der Waals surface area contributed by atoms with Gasteiger partial charge in [0, 0.05) is 42.3 Å². The molecule has 7 aliphatic rings. The van der Waals surface area contributed by atoms with Gasteiger partial charge in [-0.05, 0) is 105 Å². The number of fused-ring (bicyclic) bond motifs is 4. The Morgan fingerprint density at radius 3 is 2.49 bits per heavy atom. The highest BCUT2D eigenvalue weighted by Gasteiger charge is 2.85. The van der Waals surface area contributed by atoms with Crippen molar-refractivity contribution in [2.75, 3.05) is 19.7 Å². The predicted molar refractivity (Wildman–Crippen MR) is 176 cm³/mol. The SMILES string of the molecule is CC(=O)OC(C1C[C@@H](C)[C@H]2C(O1)C(=O)[C@@]1(N)C3CC[C@H]4C(C)(C)C(O[C@H]5CN(I)CCO5)CCC45CC35CCC21C)C(C)(C)O. The molecule has 9 nitrogen and oxygen atoms in total. The summed E-state index contributed by atoms with van der Waals surface area (Å²) in [6.07, 6.45) is 5.89. The number of rotatable bonds is 5. The average molecular weight is 743 g/mol. The molecule has 5 saturated carbocycles. The maximum atomic E-state index is 14.8. The summed E-state index contributed by atoms with van der Waals surface area (Å²) >= 11 is 2.37. The lowest BCUT2D eigenvalue weighted by Gasteiger charge is -2.62. The van der Waals surface area contributed by atoms with Gasteiger partial charge in [-0.25, -0.2) is 3.11 Å². The molecule has 0 aromatic heterocycles. The van der Waals surface area contributed by atoms with Crippen molar-refractivity contribution in [2.24, 2.45) is 51.1 Å². The summed E-state index contributed by atoms with van der Waals surface area (Å²) in [5, 5.41) is 11.0. The zero-order valence-electron chi connectivity index (χ0n) is 28.3. The molecule has 0 amide bonds. The number of nitrogens with two attached hydrogens (primary N) is 1. The quantitative estimate of drug-likeness (QED) is 0.233. The molecule has 45 heavy (non-hydrogen) atoms. The molecular weight excluding hydrogens is 687 g/mol. The number of carbonyl (C=O) groups excluding carboxylic acids is 2. The van der Waals surface area contributed by atoms with Crippen LogP contribution in [-0.4, -0.2) is 81.5 Å². The number of carbonyl (C=O) groups is 2. The van der Waals surface area contributed by atoms with Crippen LogP contribution in [0.4, 0.5) is 0 Å². The van der Waals surface area contributed by atoms with E-state index in [1.807, 2.05) is 0 Å². The molecule has 0 aromatic rings. The van der Waals surface area contributed by atoms with Crippen molar-refractivity contribution in [1.29, 1.82) is 0 Å². The van der Waals surface area contributed by atoms with E-state index in [-0.39, 0.29) is 57.6 Å². The highest BCUT2D eigenvalue weighted by molar-refractivity contribution is 14.1. The number of aliphatic hydroxyl groups is 1. The van der Waals surface area contributed by atoms with Gasteiger partial charge in [-0.1, -0.05) is 27.7 Å². The molecule has 2 spiro atoms. The van der Waals surface area contributed by atoms with E-state index in [1.165, 1.54) is 6.92 Å². The van der Waals surface area contributed by atoms with Crippen molar-refractivity contribution in [3.8, 4) is 0 Å². The van der Waals surface area contributed by atoms with Gasteiger partial charge in [-0.3, -0.25) is 9.59 Å². The van der Waals surface area contributed by atoms with Gasteiger partial charge in [-0.2, -0.15) is 0 Å². The smallest absolute Gasteiger partial charge is 0.303 e. The zero-order valence-corrected chi connectivity index (χ0v) is 30.4. The first-order valence-corrected chi connectivity index (χ1v) is 18.4. The highest BCUT2D eigenvalue weighted by atomic mass is 127. The first-order chi connectivity index (χ1) is 20.9. The van der Waals surface area contributed by atoms with Crippen molar-refractivity contribution in [3.05, 3.63) is 0 Å². The van der Waals surface area contributed by atoms with E-state index < -0.39 is 35.4 Å². The molecule has 2 heterocycles. The van der Waals surface area contributed by atoms with Gasteiger partial charge >= 0.3 is 5.97 Å². The molecule has 254 valence electrons. The maximum absolute atomic E-state index is 14.8. The van der Waals surface area contributed by atoms with E-state index in [2.05, 4.69) is 53.7 Å². The van der Waals surface area contributed by atoms with Crippen LogP contribution in [0.15, 0.2) is 0 Å². The minimum absolute atomic E-state index is 0.00403. The van der Waals surface area contributed by atoms with Gasteiger partial charge in [0.1, 0.15) is 6.10 Å². The van der Waals surface area contributed by atoms with Crippen LogP contribution < -0.4 is 5.73 Å². The molecule has 8 unspecified atom stereocenters. The minimum atomic E-state index is -1.31. The second kappa shape index (κ2) is 10.6. The van der Waals surface area contributed by atoms with Gasteiger partial charge in [-0.15, -0.1) is 0 Å². The molecule has 0 bridgehead atoms. The van der Waals surface area contributed by atoms with Crippen LogP contribution >= 0.6 is 22.9 Å². The monoisotopic (exact) mass is 742 g/mol. The maximum Gasteiger partial charge on any atom is 0.303 e. The third kappa shape index (κ3) is 4.50. The summed E-state index contributed by atoms with van der Waals surface area (Å²) in [7, 11) is 0. The van der Waals surface area contributed by atoms with E-state index in [0.717, 1.165) is 58.0 Å². The number of ketones is 1. The lowest BCUT2D eigenvalue weighted by molar-refractivity contribution is -0.238. The average Bonchev–Trinajstić information content (AvgIpc) is 3.57. The number of nitrogens with zero attached hydrogens (tertiary/aromatic N) is 1. The number of halogens is 1. The Labute approximate surface area is 282 Å². The molecule has 2 aliphatic heterocycles.